The number of benzene rings is 1. The summed E-state index contributed by atoms with van der Waals surface area (Å²) < 4.78 is 10.8. The molecule has 1 aromatic heterocycles. The first kappa shape index (κ1) is 23.0. The molecule has 8 heteroatoms. The zero-order chi connectivity index (χ0) is 21.2. The van der Waals surface area contributed by atoms with Gasteiger partial charge in [-0.2, -0.15) is 0 Å². The third-order valence-corrected chi connectivity index (χ3v) is 5.67. The van der Waals surface area contributed by atoms with Gasteiger partial charge in [0.05, 0.1) is 26.8 Å². The van der Waals surface area contributed by atoms with Crippen molar-refractivity contribution in [3.05, 3.63) is 39.8 Å². The second-order valence-electron chi connectivity index (χ2n) is 6.74. The molecule has 2 aromatic rings. The third kappa shape index (κ3) is 6.61. The van der Waals surface area contributed by atoms with Crippen LogP contribution >= 0.6 is 11.3 Å². The average molecular weight is 420 g/mol. The first-order valence-electron chi connectivity index (χ1n) is 9.86. The van der Waals surface area contributed by atoms with E-state index in [0.717, 1.165) is 41.0 Å². The van der Waals surface area contributed by atoms with Gasteiger partial charge in [-0.05, 0) is 45.1 Å². The number of nitrogens with zero attached hydrogens (tertiary/aromatic N) is 3. The lowest BCUT2D eigenvalue weighted by Gasteiger charge is -2.26. The highest BCUT2D eigenvalue weighted by Crippen LogP contribution is 2.31. The van der Waals surface area contributed by atoms with E-state index in [1.165, 1.54) is 4.88 Å². The van der Waals surface area contributed by atoms with Crippen LogP contribution in [0.15, 0.2) is 29.4 Å². The van der Waals surface area contributed by atoms with Crippen molar-refractivity contribution >= 4 is 17.3 Å². The van der Waals surface area contributed by atoms with Crippen molar-refractivity contribution < 1.29 is 9.47 Å². The summed E-state index contributed by atoms with van der Waals surface area (Å²) in [5.74, 6) is 2.24. The largest absolute Gasteiger partial charge is 0.493 e. The molecule has 160 valence electrons. The van der Waals surface area contributed by atoms with Gasteiger partial charge < -0.3 is 25.0 Å². The fourth-order valence-electron chi connectivity index (χ4n) is 2.93. The summed E-state index contributed by atoms with van der Waals surface area (Å²) in [5.41, 5.74) is 1.14. The number of methoxy groups -OCH3 is 2. The first-order valence-corrected chi connectivity index (χ1v) is 10.7. The minimum atomic E-state index is 0.144. The Morgan fingerprint density at radius 1 is 1.17 bits per heavy atom. The van der Waals surface area contributed by atoms with Crippen molar-refractivity contribution in [3.8, 4) is 11.5 Å². The molecular weight excluding hydrogens is 386 g/mol. The molecule has 0 saturated heterocycles. The Morgan fingerprint density at radius 3 is 2.52 bits per heavy atom. The Balaban J connectivity index is 2.10. The summed E-state index contributed by atoms with van der Waals surface area (Å²) in [7, 11) is 7.43. The molecule has 2 rings (SSSR count). The van der Waals surface area contributed by atoms with E-state index in [4.69, 9.17) is 14.5 Å². The van der Waals surface area contributed by atoms with Crippen molar-refractivity contribution in [2.45, 2.75) is 32.9 Å². The minimum Gasteiger partial charge on any atom is -0.493 e. The number of thiazole rings is 1. The molecule has 2 N–H and O–H groups in total. The fourth-order valence-corrected chi connectivity index (χ4v) is 3.71. The van der Waals surface area contributed by atoms with E-state index in [2.05, 4.69) is 54.5 Å². The van der Waals surface area contributed by atoms with Crippen molar-refractivity contribution in [2.24, 2.45) is 4.99 Å². The van der Waals surface area contributed by atoms with Crippen LogP contribution in [-0.4, -0.2) is 57.2 Å². The Bertz CT molecular complexity index is 791. The number of hydrogen-bond acceptors (Lipinski definition) is 6. The van der Waals surface area contributed by atoms with Gasteiger partial charge >= 0.3 is 0 Å². The quantitative estimate of drug-likeness (QED) is 0.456. The predicted molar refractivity (Wildman–Crippen MR) is 120 cm³/mol. The van der Waals surface area contributed by atoms with Gasteiger partial charge in [0, 0.05) is 24.2 Å². The molecule has 7 nitrogen and oxygen atoms in total. The molecule has 1 unspecified atom stereocenters. The molecule has 29 heavy (non-hydrogen) atoms. The molecule has 0 aliphatic carbocycles. The zero-order valence-corrected chi connectivity index (χ0v) is 19.1. The van der Waals surface area contributed by atoms with Crippen LogP contribution in [-0.2, 0) is 13.0 Å². The molecule has 0 aliphatic heterocycles. The number of ether oxygens (including phenoxy) is 2. The molecule has 1 aromatic carbocycles. The van der Waals surface area contributed by atoms with Crippen LogP contribution in [0, 0.1) is 0 Å². The highest BCUT2D eigenvalue weighted by atomic mass is 32.1. The lowest BCUT2D eigenvalue weighted by atomic mass is 10.1. The van der Waals surface area contributed by atoms with Gasteiger partial charge in [-0.3, -0.25) is 0 Å². The van der Waals surface area contributed by atoms with E-state index in [1.807, 2.05) is 18.3 Å². The summed E-state index contributed by atoms with van der Waals surface area (Å²) in [6, 6.07) is 6.18. The van der Waals surface area contributed by atoms with Gasteiger partial charge in [0.25, 0.3) is 0 Å². The lowest BCUT2D eigenvalue weighted by Crippen LogP contribution is -2.41. The van der Waals surface area contributed by atoms with Crippen LogP contribution in [0.25, 0.3) is 0 Å². The van der Waals surface area contributed by atoms with E-state index in [1.54, 1.807) is 25.6 Å². The van der Waals surface area contributed by atoms with E-state index in [-0.39, 0.29) is 6.04 Å². The van der Waals surface area contributed by atoms with Gasteiger partial charge in [-0.25, -0.2) is 9.98 Å². The van der Waals surface area contributed by atoms with Crippen molar-refractivity contribution in [1.29, 1.82) is 0 Å². The molecule has 1 atom stereocenters. The van der Waals surface area contributed by atoms with Gasteiger partial charge in [-0.15, -0.1) is 11.3 Å². The molecule has 0 spiro atoms. The molecule has 0 radical (unpaired) electrons. The van der Waals surface area contributed by atoms with Gasteiger partial charge in [0.1, 0.15) is 5.01 Å². The molecule has 0 saturated carbocycles. The Labute approximate surface area is 178 Å². The predicted octanol–water partition coefficient (Wildman–Crippen LogP) is 3.08. The normalized spacial score (nSPS) is 12.7. The summed E-state index contributed by atoms with van der Waals surface area (Å²) in [6.45, 7) is 6.28. The SMILES string of the molecule is CCNC(=NCc1ncc(CC)s1)NCC(c1ccc(OC)c(OC)c1)N(C)C. The maximum Gasteiger partial charge on any atom is 0.191 e. The van der Waals surface area contributed by atoms with E-state index < -0.39 is 0 Å². The number of aryl methyl sites for hydroxylation is 1. The van der Waals surface area contributed by atoms with E-state index in [9.17, 15) is 0 Å². The standard InChI is InChI=1S/C21H33N5O2S/c1-7-16-12-23-20(29-16)14-25-21(22-8-2)24-13-17(26(3)4)15-9-10-18(27-5)19(11-15)28-6/h9-12,17H,7-8,13-14H2,1-6H3,(H2,22,24,25). The summed E-state index contributed by atoms with van der Waals surface area (Å²) in [5, 5.41) is 7.80. The topological polar surface area (TPSA) is 71.0 Å². The molecule has 0 fully saturated rings. The summed E-state index contributed by atoms with van der Waals surface area (Å²) in [6.07, 6.45) is 2.95. The maximum absolute atomic E-state index is 5.46. The van der Waals surface area contributed by atoms with Gasteiger partial charge in [0.2, 0.25) is 0 Å². The summed E-state index contributed by atoms with van der Waals surface area (Å²) >= 11 is 1.72. The van der Waals surface area contributed by atoms with Crippen LogP contribution in [0.3, 0.4) is 0 Å². The first-order chi connectivity index (χ1) is 14.0. The van der Waals surface area contributed by atoms with Crippen molar-refractivity contribution in [3.63, 3.8) is 0 Å². The third-order valence-electron chi connectivity index (χ3n) is 4.55. The number of likely N-dealkylation sites (N-methyl/N-ethyl adjacent to an activating group) is 1. The smallest absolute Gasteiger partial charge is 0.191 e. The maximum atomic E-state index is 5.46. The number of guanidine groups is 1. The second kappa shape index (κ2) is 11.6. The second-order valence-corrected chi connectivity index (χ2v) is 7.94. The highest BCUT2D eigenvalue weighted by molar-refractivity contribution is 7.11. The lowest BCUT2D eigenvalue weighted by molar-refractivity contribution is 0.295. The van der Waals surface area contributed by atoms with Crippen LogP contribution in [0.5, 0.6) is 11.5 Å². The fraction of sp³-hybridized carbons (Fsp3) is 0.524. The van der Waals surface area contributed by atoms with Crippen LogP contribution in [0.1, 0.15) is 35.3 Å². The van der Waals surface area contributed by atoms with Crippen molar-refractivity contribution in [2.75, 3.05) is 41.4 Å². The number of aromatic nitrogens is 1. The van der Waals surface area contributed by atoms with E-state index >= 15 is 0 Å². The number of aliphatic imine (C=N–C) groups is 1. The Kier molecular flexibility index (Phi) is 9.21. The Morgan fingerprint density at radius 2 is 1.93 bits per heavy atom. The minimum absolute atomic E-state index is 0.144. The zero-order valence-electron chi connectivity index (χ0n) is 18.3. The molecule has 1 heterocycles. The monoisotopic (exact) mass is 419 g/mol. The van der Waals surface area contributed by atoms with E-state index in [0.29, 0.717) is 13.1 Å². The Hall–Kier alpha value is -2.32. The molecule has 0 bridgehead atoms. The summed E-state index contributed by atoms with van der Waals surface area (Å²) in [4.78, 5) is 12.6. The van der Waals surface area contributed by atoms with Crippen LogP contribution in [0.2, 0.25) is 0 Å². The highest BCUT2D eigenvalue weighted by Gasteiger charge is 2.17. The van der Waals surface area contributed by atoms with Crippen LogP contribution in [0.4, 0.5) is 0 Å². The average Bonchev–Trinajstić information content (AvgIpc) is 3.19. The molecule has 0 amide bonds. The van der Waals surface area contributed by atoms with Gasteiger partial charge in [-0.1, -0.05) is 13.0 Å². The van der Waals surface area contributed by atoms with Crippen molar-refractivity contribution in [1.82, 2.24) is 20.5 Å². The number of rotatable bonds is 10. The van der Waals surface area contributed by atoms with Gasteiger partial charge in [0.15, 0.2) is 17.5 Å². The number of hydrogen-bond donors (Lipinski definition) is 2. The molecule has 0 aliphatic rings. The van der Waals surface area contributed by atoms with Crippen LogP contribution < -0.4 is 20.1 Å². The molecular formula is C21H33N5O2S. The number of nitrogens with one attached hydrogen (secondary N) is 2.